The van der Waals surface area contributed by atoms with Gasteiger partial charge in [0.1, 0.15) is 5.75 Å². The summed E-state index contributed by atoms with van der Waals surface area (Å²) in [7, 11) is 0. The van der Waals surface area contributed by atoms with Crippen LogP contribution in [0.3, 0.4) is 0 Å². The molecular weight excluding hydrogens is 262 g/mol. The number of phenolic OH excluding ortho intramolecular Hbond substituents is 1. The van der Waals surface area contributed by atoms with E-state index in [0.717, 1.165) is 18.5 Å². The van der Waals surface area contributed by atoms with E-state index in [9.17, 15) is 10.2 Å². The number of aliphatic hydroxyl groups excluding tert-OH is 1. The standard InChI is InChI=1S/C15H22ClNO2/c16-14-5-6-15(19)13(7-14)9-17-8-11-3-1-2-4-12(11)10-18/h5-7,11-12,17-19H,1-4,8-10H2. The minimum Gasteiger partial charge on any atom is -0.508 e. The lowest BCUT2D eigenvalue weighted by atomic mass is 9.79. The summed E-state index contributed by atoms with van der Waals surface area (Å²) in [6.45, 7) is 1.78. The van der Waals surface area contributed by atoms with Crippen LogP contribution in [0.1, 0.15) is 31.2 Å². The molecule has 0 amide bonds. The molecule has 0 saturated heterocycles. The molecule has 0 aliphatic heterocycles. The van der Waals surface area contributed by atoms with Crippen molar-refractivity contribution in [2.24, 2.45) is 11.8 Å². The van der Waals surface area contributed by atoms with Crippen LogP contribution in [-0.4, -0.2) is 23.4 Å². The van der Waals surface area contributed by atoms with E-state index in [-0.39, 0.29) is 12.4 Å². The number of nitrogens with one attached hydrogen (secondary N) is 1. The Morgan fingerprint density at radius 1 is 1.21 bits per heavy atom. The van der Waals surface area contributed by atoms with Crippen molar-refractivity contribution < 1.29 is 10.2 Å². The first-order valence-electron chi connectivity index (χ1n) is 6.99. The zero-order valence-corrected chi connectivity index (χ0v) is 11.9. The van der Waals surface area contributed by atoms with Crippen LogP contribution in [0.2, 0.25) is 5.02 Å². The minimum atomic E-state index is 0.277. The molecule has 1 aliphatic rings. The molecule has 4 heteroatoms. The van der Waals surface area contributed by atoms with Crippen LogP contribution in [-0.2, 0) is 6.54 Å². The molecule has 1 aromatic rings. The molecule has 0 bridgehead atoms. The van der Waals surface area contributed by atoms with Gasteiger partial charge in [0, 0.05) is 23.7 Å². The lowest BCUT2D eigenvalue weighted by Crippen LogP contribution is -2.32. The lowest BCUT2D eigenvalue weighted by Gasteiger charge is -2.30. The summed E-state index contributed by atoms with van der Waals surface area (Å²) < 4.78 is 0. The number of rotatable bonds is 5. The second kappa shape index (κ2) is 7.13. The predicted molar refractivity (Wildman–Crippen MR) is 77.4 cm³/mol. The van der Waals surface area contributed by atoms with Crippen molar-refractivity contribution >= 4 is 11.6 Å². The zero-order chi connectivity index (χ0) is 13.7. The molecule has 1 aromatic carbocycles. The van der Waals surface area contributed by atoms with E-state index >= 15 is 0 Å². The van der Waals surface area contributed by atoms with E-state index in [1.54, 1.807) is 18.2 Å². The highest BCUT2D eigenvalue weighted by Gasteiger charge is 2.23. The largest absolute Gasteiger partial charge is 0.508 e. The molecule has 0 heterocycles. The molecule has 1 saturated carbocycles. The average molecular weight is 284 g/mol. The molecule has 2 rings (SSSR count). The van der Waals surface area contributed by atoms with Gasteiger partial charge in [-0.1, -0.05) is 24.4 Å². The van der Waals surface area contributed by atoms with Crippen LogP contribution >= 0.6 is 11.6 Å². The number of aliphatic hydroxyl groups is 1. The molecule has 0 aromatic heterocycles. The van der Waals surface area contributed by atoms with E-state index < -0.39 is 0 Å². The second-order valence-electron chi connectivity index (χ2n) is 5.39. The van der Waals surface area contributed by atoms with Gasteiger partial charge in [-0.2, -0.15) is 0 Å². The molecular formula is C15H22ClNO2. The highest BCUT2D eigenvalue weighted by atomic mass is 35.5. The van der Waals surface area contributed by atoms with Gasteiger partial charge in [-0.3, -0.25) is 0 Å². The van der Waals surface area contributed by atoms with E-state index in [4.69, 9.17) is 11.6 Å². The van der Waals surface area contributed by atoms with Crippen molar-refractivity contribution in [1.82, 2.24) is 5.32 Å². The summed E-state index contributed by atoms with van der Waals surface area (Å²) in [5.41, 5.74) is 0.823. The molecule has 0 radical (unpaired) electrons. The highest BCUT2D eigenvalue weighted by Crippen LogP contribution is 2.29. The van der Waals surface area contributed by atoms with E-state index in [2.05, 4.69) is 5.32 Å². The Morgan fingerprint density at radius 3 is 2.68 bits per heavy atom. The molecule has 3 nitrogen and oxygen atoms in total. The Bertz CT molecular complexity index is 411. The molecule has 1 fully saturated rings. The smallest absolute Gasteiger partial charge is 0.120 e. The van der Waals surface area contributed by atoms with Crippen molar-refractivity contribution in [3.63, 3.8) is 0 Å². The Labute approximate surface area is 119 Å². The second-order valence-corrected chi connectivity index (χ2v) is 5.83. The van der Waals surface area contributed by atoms with Crippen LogP contribution in [0.5, 0.6) is 5.75 Å². The summed E-state index contributed by atoms with van der Waals surface area (Å²) in [6.07, 6.45) is 4.80. The summed E-state index contributed by atoms with van der Waals surface area (Å²) in [4.78, 5) is 0. The van der Waals surface area contributed by atoms with Gasteiger partial charge in [-0.05, 0) is 49.4 Å². The normalized spacial score (nSPS) is 23.5. The van der Waals surface area contributed by atoms with Crippen molar-refractivity contribution in [3.05, 3.63) is 28.8 Å². The quantitative estimate of drug-likeness (QED) is 0.779. The van der Waals surface area contributed by atoms with E-state index in [0.29, 0.717) is 23.4 Å². The monoisotopic (exact) mass is 283 g/mol. The first-order valence-corrected chi connectivity index (χ1v) is 7.37. The van der Waals surface area contributed by atoms with Gasteiger partial charge >= 0.3 is 0 Å². The summed E-state index contributed by atoms with van der Waals surface area (Å²) in [6, 6.07) is 5.09. The van der Waals surface area contributed by atoms with Crippen LogP contribution in [0, 0.1) is 11.8 Å². The van der Waals surface area contributed by atoms with Crippen molar-refractivity contribution in [2.75, 3.05) is 13.2 Å². The van der Waals surface area contributed by atoms with E-state index in [1.165, 1.54) is 19.3 Å². The number of benzene rings is 1. The van der Waals surface area contributed by atoms with Gasteiger partial charge < -0.3 is 15.5 Å². The summed E-state index contributed by atoms with van der Waals surface area (Å²) in [5.74, 6) is 1.24. The lowest BCUT2D eigenvalue weighted by molar-refractivity contribution is 0.133. The van der Waals surface area contributed by atoms with Gasteiger partial charge in [0.25, 0.3) is 0 Å². The summed E-state index contributed by atoms with van der Waals surface area (Å²) >= 11 is 5.92. The van der Waals surface area contributed by atoms with Gasteiger partial charge in [0.2, 0.25) is 0 Å². The first kappa shape index (κ1) is 14.6. The third-order valence-corrected chi connectivity index (χ3v) is 4.30. The van der Waals surface area contributed by atoms with Gasteiger partial charge in [-0.25, -0.2) is 0 Å². The molecule has 0 spiro atoms. The minimum absolute atomic E-state index is 0.277. The van der Waals surface area contributed by atoms with Gasteiger partial charge in [-0.15, -0.1) is 0 Å². The highest BCUT2D eigenvalue weighted by molar-refractivity contribution is 6.30. The average Bonchev–Trinajstić information content (AvgIpc) is 2.43. The van der Waals surface area contributed by atoms with Crippen LogP contribution in [0.25, 0.3) is 0 Å². The number of halogens is 1. The molecule has 3 N–H and O–H groups in total. The summed E-state index contributed by atoms with van der Waals surface area (Å²) in [5, 5.41) is 23.1. The van der Waals surface area contributed by atoms with E-state index in [1.807, 2.05) is 0 Å². The third kappa shape index (κ3) is 4.10. The topological polar surface area (TPSA) is 52.5 Å². The maximum absolute atomic E-state index is 9.73. The fourth-order valence-electron chi connectivity index (χ4n) is 2.88. The molecule has 2 atom stereocenters. The Morgan fingerprint density at radius 2 is 1.95 bits per heavy atom. The van der Waals surface area contributed by atoms with Crippen molar-refractivity contribution in [2.45, 2.75) is 32.2 Å². The maximum atomic E-state index is 9.73. The number of hydrogen-bond donors (Lipinski definition) is 3. The predicted octanol–water partition coefficient (Wildman–Crippen LogP) is 2.93. The molecule has 106 valence electrons. The SMILES string of the molecule is OCC1CCCCC1CNCc1cc(Cl)ccc1O. The fourth-order valence-corrected chi connectivity index (χ4v) is 3.08. The Kier molecular flexibility index (Phi) is 5.49. The molecule has 19 heavy (non-hydrogen) atoms. The first-order chi connectivity index (χ1) is 9.20. The molecule has 2 unspecified atom stereocenters. The fraction of sp³-hybridized carbons (Fsp3) is 0.600. The third-order valence-electron chi connectivity index (χ3n) is 4.06. The number of aromatic hydroxyl groups is 1. The van der Waals surface area contributed by atoms with Gasteiger partial charge in [0.05, 0.1) is 0 Å². The van der Waals surface area contributed by atoms with Crippen LogP contribution < -0.4 is 5.32 Å². The van der Waals surface area contributed by atoms with Gasteiger partial charge in [0.15, 0.2) is 0 Å². The molecule has 1 aliphatic carbocycles. The Balaban J connectivity index is 1.83. The maximum Gasteiger partial charge on any atom is 0.120 e. The van der Waals surface area contributed by atoms with Crippen molar-refractivity contribution in [1.29, 1.82) is 0 Å². The van der Waals surface area contributed by atoms with Crippen LogP contribution in [0.15, 0.2) is 18.2 Å². The number of phenols is 1. The van der Waals surface area contributed by atoms with Crippen molar-refractivity contribution in [3.8, 4) is 5.75 Å². The zero-order valence-electron chi connectivity index (χ0n) is 11.1. The Hall–Kier alpha value is -0.770. The number of hydrogen-bond acceptors (Lipinski definition) is 3. The van der Waals surface area contributed by atoms with Crippen LogP contribution in [0.4, 0.5) is 0 Å².